The Bertz CT molecular complexity index is 667. The molecule has 0 aliphatic heterocycles. The third-order valence-corrected chi connectivity index (χ3v) is 3.32. The number of amides is 1. The average molecular weight is 334 g/mol. The number of carbonyl (C=O) groups is 2. The van der Waals surface area contributed by atoms with E-state index in [1.165, 1.54) is 0 Å². The van der Waals surface area contributed by atoms with Crippen LogP contribution in [-0.2, 0) is 9.59 Å². The van der Waals surface area contributed by atoms with Crippen LogP contribution in [0, 0.1) is 0 Å². The molecule has 0 fully saturated rings. The second-order valence-corrected chi connectivity index (χ2v) is 5.07. The van der Waals surface area contributed by atoms with Crippen molar-refractivity contribution in [1.82, 2.24) is 0 Å². The SMILES string of the molecule is NC(CCC(=O)N=C(c1ccccc1)c1ccccc1)C(=O)O.[H-].[Na+]. The van der Waals surface area contributed by atoms with E-state index in [0.717, 1.165) is 11.1 Å². The second kappa shape index (κ2) is 10.2. The summed E-state index contributed by atoms with van der Waals surface area (Å²) >= 11 is 0. The zero-order valence-electron chi connectivity index (χ0n) is 14.6. The zero-order chi connectivity index (χ0) is 16.7. The van der Waals surface area contributed by atoms with Crippen molar-refractivity contribution in [3.8, 4) is 0 Å². The maximum absolute atomic E-state index is 12.1. The van der Waals surface area contributed by atoms with E-state index in [1.54, 1.807) is 0 Å². The minimum absolute atomic E-state index is 0. The van der Waals surface area contributed by atoms with Crippen molar-refractivity contribution in [2.24, 2.45) is 10.7 Å². The fourth-order valence-corrected chi connectivity index (χ4v) is 2.07. The number of carbonyl (C=O) groups excluding carboxylic acids is 1. The molecule has 0 aromatic heterocycles. The molecule has 2 rings (SSSR count). The average Bonchev–Trinajstić information content (AvgIpc) is 2.59. The molecule has 0 radical (unpaired) electrons. The molecule has 6 heteroatoms. The summed E-state index contributed by atoms with van der Waals surface area (Å²) in [4.78, 5) is 27.0. The number of carboxylic acids is 1. The minimum atomic E-state index is -1.12. The molecule has 3 N–H and O–H groups in total. The fraction of sp³-hybridized carbons (Fsp3) is 0.167. The van der Waals surface area contributed by atoms with Gasteiger partial charge in [0.05, 0.1) is 5.71 Å². The van der Waals surface area contributed by atoms with Gasteiger partial charge < -0.3 is 12.3 Å². The van der Waals surface area contributed by atoms with E-state index >= 15 is 0 Å². The molecule has 24 heavy (non-hydrogen) atoms. The largest absolute Gasteiger partial charge is 1.00 e. The van der Waals surface area contributed by atoms with Gasteiger partial charge in [0.1, 0.15) is 6.04 Å². The predicted octanol–water partition coefficient (Wildman–Crippen LogP) is -0.641. The van der Waals surface area contributed by atoms with Crippen molar-refractivity contribution in [2.45, 2.75) is 18.9 Å². The van der Waals surface area contributed by atoms with Crippen LogP contribution in [0.5, 0.6) is 0 Å². The van der Waals surface area contributed by atoms with Crippen molar-refractivity contribution in [2.75, 3.05) is 0 Å². The summed E-state index contributed by atoms with van der Waals surface area (Å²) in [6, 6.07) is 17.7. The van der Waals surface area contributed by atoms with Crippen LogP contribution in [0.1, 0.15) is 25.4 Å². The Morgan fingerprint density at radius 1 is 1.00 bits per heavy atom. The number of carboxylic acid groups (broad SMARTS) is 1. The molecular weight excluding hydrogens is 315 g/mol. The summed E-state index contributed by atoms with van der Waals surface area (Å²) < 4.78 is 0. The van der Waals surface area contributed by atoms with Crippen LogP contribution in [0.15, 0.2) is 65.7 Å². The summed E-state index contributed by atoms with van der Waals surface area (Å²) in [6.07, 6.45) is 0.0607. The first-order valence-electron chi connectivity index (χ1n) is 7.28. The van der Waals surface area contributed by atoms with Gasteiger partial charge in [0.15, 0.2) is 0 Å². The quantitative estimate of drug-likeness (QED) is 0.543. The Morgan fingerprint density at radius 2 is 1.46 bits per heavy atom. The van der Waals surface area contributed by atoms with E-state index in [0.29, 0.717) is 5.71 Å². The molecule has 120 valence electrons. The van der Waals surface area contributed by atoms with Crippen molar-refractivity contribution in [3.05, 3.63) is 71.8 Å². The smallest absolute Gasteiger partial charge is 1.00 e. The molecule has 0 saturated heterocycles. The number of nitrogens with two attached hydrogens (primary N) is 1. The predicted molar refractivity (Wildman–Crippen MR) is 89.5 cm³/mol. The van der Waals surface area contributed by atoms with Crippen molar-refractivity contribution >= 4 is 17.6 Å². The second-order valence-electron chi connectivity index (χ2n) is 5.07. The van der Waals surface area contributed by atoms with E-state index in [2.05, 4.69) is 4.99 Å². The van der Waals surface area contributed by atoms with E-state index in [1.807, 2.05) is 60.7 Å². The summed E-state index contributed by atoms with van der Waals surface area (Å²) in [6.45, 7) is 0. The van der Waals surface area contributed by atoms with Gasteiger partial charge in [-0.3, -0.25) is 9.59 Å². The number of rotatable bonds is 6. The van der Waals surface area contributed by atoms with E-state index < -0.39 is 12.0 Å². The summed E-state index contributed by atoms with van der Waals surface area (Å²) in [5, 5.41) is 8.76. The number of hydrogen-bond donors (Lipinski definition) is 2. The van der Waals surface area contributed by atoms with Gasteiger partial charge in [0.2, 0.25) is 5.91 Å². The first-order chi connectivity index (χ1) is 11.1. The Morgan fingerprint density at radius 3 is 1.88 bits per heavy atom. The number of hydrogen-bond acceptors (Lipinski definition) is 3. The van der Waals surface area contributed by atoms with Crippen LogP contribution in [0.2, 0.25) is 0 Å². The van der Waals surface area contributed by atoms with Crippen LogP contribution in [0.4, 0.5) is 0 Å². The zero-order valence-corrected chi connectivity index (χ0v) is 15.6. The monoisotopic (exact) mass is 334 g/mol. The fourth-order valence-electron chi connectivity index (χ4n) is 2.07. The number of aliphatic carboxylic acids is 1. The molecule has 0 saturated carbocycles. The molecule has 0 aliphatic rings. The molecule has 1 unspecified atom stereocenters. The molecule has 1 atom stereocenters. The number of aliphatic imine (C=N–C) groups is 1. The Kier molecular flexibility index (Phi) is 8.57. The topological polar surface area (TPSA) is 92.8 Å². The molecule has 5 nitrogen and oxygen atoms in total. The van der Waals surface area contributed by atoms with Crippen LogP contribution >= 0.6 is 0 Å². The number of benzene rings is 2. The van der Waals surface area contributed by atoms with Gasteiger partial charge in [-0.1, -0.05) is 60.7 Å². The molecule has 1 amide bonds. The molecule has 2 aromatic rings. The maximum Gasteiger partial charge on any atom is 1.00 e. The van der Waals surface area contributed by atoms with E-state index in [9.17, 15) is 9.59 Å². The summed E-state index contributed by atoms with van der Waals surface area (Å²) in [7, 11) is 0. The van der Waals surface area contributed by atoms with E-state index in [-0.39, 0.29) is 49.7 Å². The van der Waals surface area contributed by atoms with Crippen molar-refractivity contribution in [3.63, 3.8) is 0 Å². The van der Waals surface area contributed by atoms with E-state index in [4.69, 9.17) is 10.8 Å². The van der Waals surface area contributed by atoms with Gasteiger partial charge in [0.25, 0.3) is 0 Å². The molecular formula is C18H19N2NaO3. The first kappa shape index (κ1) is 20.3. The standard InChI is InChI=1S/C18H18N2O3.Na.H/c19-15(18(22)23)11-12-16(21)20-17(13-7-3-1-4-8-13)14-9-5-2-6-10-14;;/h1-10,15H,11-12,19H2,(H,22,23);;/q;+1;-1. The molecule has 0 heterocycles. The third-order valence-electron chi connectivity index (χ3n) is 3.32. The van der Waals surface area contributed by atoms with Gasteiger partial charge in [-0.05, 0) is 6.42 Å². The van der Waals surface area contributed by atoms with Gasteiger partial charge in [0, 0.05) is 17.5 Å². The van der Waals surface area contributed by atoms with Crippen LogP contribution in [0.3, 0.4) is 0 Å². The van der Waals surface area contributed by atoms with Crippen molar-refractivity contribution in [1.29, 1.82) is 0 Å². The Labute approximate surface area is 164 Å². The normalized spacial score (nSPS) is 11.0. The summed E-state index contributed by atoms with van der Waals surface area (Å²) in [5.41, 5.74) is 7.64. The Balaban J connectivity index is 0.00000288. The van der Waals surface area contributed by atoms with Crippen LogP contribution in [0.25, 0.3) is 0 Å². The molecule has 0 aliphatic carbocycles. The van der Waals surface area contributed by atoms with Gasteiger partial charge in [-0.2, -0.15) is 0 Å². The van der Waals surface area contributed by atoms with Gasteiger partial charge in [-0.25, -0.2) is 4.99 Å². The first-order valence-corrected chi connectivity index (χ1v) is 7.28. The minimum Gasteiger partial charge on any atom is -1.00 e. The number of nitrogens with zero attached hydrogens (tertiary/aromatic N) is 1. The van der Waals surface area contributed by atoms with Crippen LogP contribution in [-0.4, -0.2) is 28.7 Å². The summed E-state index contributed by atoms with van der Waals surface area (Å²) in [5.74, 6) is -1.50. The van der Waals surface area contributed by atoms with Crippen LogP contribution < -0.4 is 35.3 Å². The third kappa shape index (κ3) is 6.02. The molecule has 2 aromatic carbocycles. The maximum atomic E-state index is 12.1. The molecule has 0 bridgehead atoms. The van der Waals surface area contributed by atoms with Gasteiger partial charge >= 0.3 is 35.5 Å². The van der Waals surface area contributed by atoms with Crippen molar-refractivity contribution < 1.29 is 45.7 Å². The van der Waals surface area contributed by atoms with Gasteiger partial charge in [-0.15, -0.1) is 0 Å². The Hall–Kier alpha value is -1.79. The molecule has 0 spiro atoms.